The van der Waals surface area contributed by atoms with Gasteiger partial charge in [-0.25, -0.2) is 13.1 Å². The van der Waals surface area contributed by atoms with Crippen LogP contribution in [0, 0.1) is 5.92 Å². The first kappa shape index (κ1) is 12.3. The summed E-state index contributed by atoms with van der Waals surface area (Å²) >= 11 is 0. The van der Waals surface area contributed by atoms with Crippen LogP contribution < -0.4 is 10.5 Å². The van der Waals surface area contributed by atoms with Gasteiger partial charge in [0.25, 0.3) is 0 Å². The summed E-state index contributed by atoms with van der Waals surface area (Å²) in [5.41, 5.74) is 5.95. The van der Waals surface area contributed by atoms with Crippen LogP contribution in [0.25, 0.3) is 0 Å². The fourth-order valence-corrected chi connectivity index (χ4v) is 3.25. The number of hydrogen-bond acceptors (Lipinski definition) is 4. The highest BCUT2D eigenvalue weighted by atomic mass is 32.2. The first-order chi connectivity index (χ1) is 7.24. The number of ether oxygens (including phenoxy) is 1. The van der Waals surface area contributed by atoms with Gasteiger partial charge in [-0.2, -0.15) is 0 Å². The molecule has 5 nitrogen and oxygen atoms in total. The normalized spacial score (nSPS) is 39.2. The molecule has 3 N–H and O–H groups in total. The van der Waals surface area contributed by atoms with Crippen molar-refractivity contribution in [3.05, 3.63) is 0 Å². The predicted molar refractivity (Wildman–Crippen MR) is 61.4 cm³/mol. The molecule has 16 heavy (non-hydrogen) atoms. The molecule has 2 aliphatic rings. The summed E-state index contributed by atoms with van der Waals surface area (Å²) in [6.45, 7) is 5.71. The minimum Gasteiger partial charge on any atom is -0.376 e. The van der Waals surface area contributed by atoms with Gasteiger partial charge >= 0.3 is 0 Å². The van der Waals surface area contributed by atoms with Gasteiger partial charge in [0.05, 0.1) is 16.9 Å². The Labute approximate surface area is 96.8 Å². The molecule has 1 heterocycles. The molecule has 4 unspecified atom stereocenters. The standard InChI is InChI=1S/C10H20N2O3S/c1-10(2,3)16(13,14)12-8-7(11)6-4-5-15-9(6)8/h6-9,12H,4-5,11H2,1-3H3. The Morgan fingerprint density at radius 2 is 2.00 bits per heavy atom. The molecule has 1 aliphatic heterocycles. The molecule has 0 amide bonds. The zero-order valence-electron chi connectivity index (χ0n) is 9.93. The molecule has 0 spiro atoms. The van der Waals surface area contributed by atoms with E-state index in [0.29, 0.717) is 12.5 Å². The molecule has 0 aromatic heterocycles. The van der Waals surface area contributed by atoms with E-state index < -0.39 is 14.8 Å². The van der Waals surface area contributed by atoms with Crippen molar-refractivity contribution < 1.29 is 13.2 Å². The van der Waals surface area contributed by atoms with E-state index >= 15 is 0 Å². The highest BCUT2D eigenvalue weighted by Gasteiger charge is 2.54. The van der Waals surface area contributed by atoms with E-state index in [9.17, 15) is 8.42 Å². The van der Waals surface area contributed by atoms with Gasteiger partial charge in [-0.1, -0.05) is 0 Å². The van der Waals surface area contributed by atoms with Crippen LogP contribution in [0.3, 0.4) is 0 Å². The molecular formula is C10H20N2O3S. The average molecular weight is 248 g/mol. The van der Waals surface area contributed by atoms with Crippen molar-refractivity contribution in [1.82, 2.24) is 4.72 Å². The van der Waals surface area contributed by atoms with Crippen LogP contribution in [0.15, 0.2) is 0 Å². The van der Waals surface area contributed by atoms with E-state index in [4.69, 9.17) is 10.5 Å². The molecule has 0 aromatic rings. The first-order valence-electron chi connectivity index (χ1n) is 5.63. The third-order valence-electron chi connectivity index (χ3n) is 3.54. The second kappa shape index (κ2) is 3.66. The lowest BCUT2D eigenvalue weighted by Gasteiger charge is -2.46. The molecule has 2 fully saturated rings. The lowest BCUT2D eigenvalue weighted by Crippen LogP contribution is -2.69. The third-order valence-corrected chi connectivity index (χ3v) is 5.74. The van der Waals surface area contributed by atoms with E-state index in [2.05, 4.69) is 4.72 Å². The van der Waals surface area contributed by atoms with Crippen LogP contribution in [0.1, 0.15) is 27.2 Å². The maximum absolute atomic E-state index is 12.0. The van der Waals surface area contributed by atoms with Gasteiger partial charge in [-0.05, 0) is 27.2 Å². The van der Waals surface area contributed by atoms with E-state index in [1.165, 1.54) is 0 Å². The Morgan fingerprint density at radius 3 is 2.56 bits per heavy atom. The molecule has 1 aliphatic carbocycles. The van der Waals surface area contributed by atoms with Crippen molar-refractivity contribution in [2.24, 2.45) is 11.7 Å². The summed E-state index contributed by atoms with van der Waals surface area (Å²) < 4.78 is 31.3. The van der Waals surface area contributed by atoms with Crippen molar-refractivity contribution in [2.45, 2.75) is 50.1 Å². The third kappa shape index (κ3) is 1.77. The monoisotopic (exact) mass is 248 g/mol. The summed E-state index contributed by atoms with van der Waals surface area (Å²) in [6.07, 6.45) is 0.923. The molecule has 1 saturated carbocycles. The Kier molecular flexibility index (Phi) is 2.81. The Bertz CT molecular complexity index is 374. The maximum atomic E-state index is 12.0. The number of nitrogens with one attached hydrogen (secondary N) is 1. The van der Waals surface area contributed by atoms with E-state index in [1.807, 2.05) is 0 Å². The first-order valence-corrected chi connectivity index (χ1v) is 7.11. The number of hydrogen-bond donors (Lipinski definition) is 2. The molecule has 4 atom stereocenters. The van der Waals surface area contributed by atoms with Gasteiger partial charge in [-0.3, -0.25) is 0 Å². The second-order valence-corrected chi connectivity index (χ2v) is 8.09. The smallest absolute Gasteiger partial charge is 0.216 e. The fourth-order valence-electron chi connectivity index (χ4n) is 2.25. The van der Waals surface area contributed by atoms with Crippen LogP contribution in [-0.2, 0) is 14.8 Å². The lowest BCUT2D eigenvalue weighted by atomic mass is 9.73. The zero-order chi connectivity index (χ0) is 12.1. The fraction of sp³-hybridized carbons (Fsp3) is 1.00. The van der Waals surface area contributed by atoms with Gasteiger partial charge in [0.1, 0.15) is 0 Å². The summed E-state index contributed by atoms with van der Waals surface area (Å²) in [6, 6.07) is -0.360. The second-order valence-electron chi connectivity index (χ2n) is 5.62. The molecule has 94 valence electrons. The quantitative estimate of drug-likeness (QED) is 0.710. The number of sulfonamides is 1. The number of rotatable bonds is 2. The van der Waals surface area contributed by atoms with Crippen molar-refractivity contribution in [3.8, 4) is 0 Å². The molecule has 2 rings (SSSR count). The van der Waals surface area contributed by atoms with Crippen molar-refractivity contribution in [2.75, 3.05) is 6.61 Å². The summed E-state index contributed by atoms with van der Waals surface area (Å²) in [7, 11) is -3.34. The van der Waals surface area contributed by atoms with Gasteiger partial charge in [0, 0.05) is 18.6 Å². The van der Waals surface area contributed by atoms with Crippen LogP contribution in [0.5, 0.6) is 0 Å². The topological polar surface area (TPSA) is 81.4 Å². The largest absolute Gasteiger partial charge is 0.376 e. The molecule has 6 heteroatoms. The van der Waals surface area contributed by atoms with Gasteiger partial charge in [0.15, 0.2) is 0 Å². The highest BCUT2D eigenvalue weighted by molar-refractivity contribution is 7.90. The van der Waals surface area contributed by atoms with E-state index in [-0.39, 0.29) is 18.2 Å². The number of nitrogens with two attached hydrogens (primary N) is 1. The zero-order valence-corrected chi connectivity index (χ0v) is 10.8. The lowest BCUT2D eigenvalue weighted by molar-refractivity contribution is -0.00942. The molecular weight excluding hydrogens is 228 g/mol. The van der Waals surface area contributed by atoms with Crippen LogP contribution in [0.2, 0.25) is 0 Å². The molecule has 0 radical (unpaired) electrons. The SMILES string of the molecule is CC(C)(C)S(=O)(=O)NC1C(N)C2CCOC21. The highest BCUT2D eigenvalue weighted by Crippen LogP contribution is 2.38. The van der Waals surface area contributed by atoms with Crippen molar-refractivity contribution >= 4 is 10.0 Å². The predicted octanol–water partition coefficient (Wildman–Crippen LogP) is -0.181. The Hall–Kier alpha value is -0.170. The molecule has 0 aromatic carbocycles. The Morgan fingerprint density at radius 1 is 1.38 bits per heavy atom. The summed E-state index contributed by atoms with van der Waals surface area (Å²) in [4.78, 5) is 0. The minimum absolute atomic E-state index is 0.0212. The van der Waals surface area contributed by atoms with E-state index in [1.54, 1.807) is 20.8 Å². The van der Waals surface area contributed by atoms with E-state index in [0.717, 1.165) is 6.42 Å². The number of fused-ring (bicyclic) bond motifs is 1. The van der Waals surface area contributed by atoms with Crippen molar-refractivity contribution in [3.63, 3.8) is 0 Å². The summed E-state index contributed by atoms with van der Waals surface area (Å²) in [5, 5.41) is 0. The van der Waals surface area contributed by atoms with Crippen LogP contribution >= 0.6 is 0 Å². The van der Waals surface area contributed by atoms with Crippen molar-refractivity contribution in [1.29, 1.82) is 0 Å². The Balaban J connectivity index is 2.07. The van der Waals surface area contributed by atoms with Gasteiger partial charge in [-0.15, -0.1) is 0 Å². The molecule has 1 saturated heterocycles. The maximum Gasteiger partial charge on any atom is 0.216 e. The van der Waals surface area contributed by atoms with Gasteiger partial charge < -0.3 is 10.5 Å². The summed E-state index contributed by atoms with van der Waals surface area (Å²) in [5.74, 6) is 0.327. The average Bonchev–Trinajstić information content (AvgIpc) is 2.56. The van der Waals surface area contributed by atoms with Crippen LogP contribution in [0.4, 0.5) is 0 Å². The minimum atomic E-state index is -3.34. The van der Waals surface area contributed by atoms with Crippen LogP contribution in [-0.4, -0.2) is 38.0 Å². The van der Waals surface area contributed by atoms with Gasteiger partial charge in [0.2, 0.25) is 10.0 Å². The molecule has 0 bridgehead atoms.